The van der Waals surface area contributed by atoms with Crippen molar-refractivity contribution in [3.8, 4) is 18.1 Å². The maximum atomic E-state index is 14.0. The van der Waals surface area contributed by atoms with Crippen molar-refractivity contribution in [3.05, 3.63) is 124 Å². The van der Waals surface area contributed by atoms with Gasteiger partial charge in [-0.15, -0.1) is 6.42 Å². The number of aromatic nitrogens is 1. The molecule has 0 spiro atoms. The molecule has 1 aliphatic heterocycles. The van der Waals surface area contributed by atoms with E-state index in [2.05, 4.69) is 21.9 Å². The summed E-state index contributed by atoms with van der Waals surface area (Å²) in [5.41, 5.74) is 2.70. The first-order valence-electron chi connectivity index (χ1n) is 12.3. The molecule has 5 rings (SSSR count). The Morgan fingerprint density at radius 1 is 1.18 bits per heavy atom. The lowest BCUT2D eigenvalue weighted by Crippen LogP contribution is -2.40. The number of rotatable bonds is 7. The molecule has 1 aromatic heterocycles. The average molecular weight is 634 g/mol. The number of fused-ring (bicyclic) bond motifs is 1. The molecular formula is C31H22BrClN2O4S. The van der Waals surface area contributed by atoms with E-state index >= 15 is 0 Å². The van der Waals surface area contributed by atoms with Crippen LogP contribution in [0.3, 0.4) is 0 Å². The van der Waals surface area contributed by atoms with E-state index in [0.717, 1.165) is 11.1 Å². The van der Waals surface area contributed by atoms with Crippen molar-refractivity contribution in [2.45, 2.75) is 13.0 Å². The minimum Gasteiger partial charge on any atom is -0.480 e. The van der Waals surface area contributed by atoms with Gasteiger partial charge in [-0.2, -0.15) is 0 Å². The zero-order valence-corrected chi connectivity index (χ0v) is 24.4. The van der Waals surface area contributed by atoms with Gasteiger partial charge < -0.3 is 9.47 Å². The van der Waals surface area contributed by atoms with Crippen LogP contribution in [0.4, 0.5) is 0 Å². The summed E-state index contributed by atoms with van der Waals surface area (Å²) in [7, 11) is 0. The summed E-state index contributed by atoms with van der Waals surface area (Å²) in [5, 5.41) is 0.543. The molecular weight excluding hydrogens is 612 g/mol. The van der Waals surface area contributed by atoms with Gasteiger partial charge >= 0.3 is 5.97 Å². The number of halogens is 2. The van der Waals surface area contributed by atoms with Gasteiger partial charge in [-0.25, -0.2) is 9.79 Å². The minimum atomic E-state index is -0.767. The SMILES string of the molecule is C#CCOc1ccc(/C=c2\sc3n(c2=O)[C@@H](c2ccc(Cl)cc2)C(C(=O)OCC)=C(c2ccccc2)N=3)cc1Br. The highest BCUT2D eigenvalue weighted by Crippen LogP contribution is 2.35. The fourth-order valence-electron chi connectivity index (χ4n) is 4.40. The lowest BCUT2D eigenvalue weighted by atomic mass is 9.93. The van der Waals surface area contributed by atoms with Crippen LogP contribution in [0.15, 0.2) is 92.6 Å². The van der Waals surface area contributed by atoms with Gasteiger partial charge in [0.05, 0.1) is 32.9 Å². The molecule has 2 heterocycles. The second-order valence-electron chi connectivity index (χ2n) is 8.67. The number of esters is 1. The number of carbonyl (C=O) groups excluding carboxylic acids is 1. The average Bonchev–Trinajstić information content (AvgIpc) is 3.27. The Kier molecular flexibility index (Phi) is 8.36. The molecule has 0 fully saturated rings. The van der Waals surface area contributed by atoms with Gasteiger partial charge in [0.1, 0.15) is 12.4 Å². The fourth-order valence-corrected chi connectivity index (χ4v) is 6.03. The van der Waals surface area contributed by atoms with Gasteiger partial charge in [0.15, 0.2) is 4.80 Å². The Balaban J connectivity index is 1.75. The summed E-state index contributed by atoms with van der Waals surface area (Å²) >= 11 is 10.9. The molecule has 4 aromatic rings. The predicted molar refractivity (Wildman–Crippen MR) is 161 cm³/mol. The van der Waals surface area contributed by atoms with Gasteiger partial charge in [-0.05, 0) is 64.3 Å². The molecule has 1 atom stereocenters. The maximum absolute atomic E-state index is 14.0. The Hall–Kier alpha value is -3.90. The van der Waals surface area contributed by atoms with Crippen LogP contribution < -0.4 is 19.6 Å². The highest BCUT2D eigenvalue weighted by molar-refractivity contribution is 9.10. The Morgan fingerprint density at radius 2 is 1.93 bits per heavy atom. The number of carbonyl (C=O) groups is 1. The van der Waals surface area contributed by atoms with Crippen LogP contribution in [0.2, 0.25) is 5.02 Å². The molecule has 0 N–H and O–H groups in total. The van der Waals surface area contributed by atoms with Gasteiger partial charge in [0.2, 0.25) is 0 Å². The molecule has 6 nitrogen and oxygen atoms in total. The van der Waals surface area contributed by atoms with Gasteiger partial charge in [-0.1, -0.05) is 77.4 Å². The van der Waals surface area contributed by atoms with Crippen molar-refractivity contribution in [1.29, 1.82) is 0 Å². The fraction of sp³-hybridized carbons (Fsp3) is 0.129. The van der Waals surface area contributed by atoms with E-state index < -0.39 is 12.0 Å². The Labute approximate surface area is 248 Å². The van der Waals surface area contributed by atoms with Crippen molar-refractivity contribution < 1.29 is 14.3 Å². The van der Waals surface area contributed by atoms with Crippen LogP contribution in [0.1, 0.15) is 29.7 Å². The lowest BCUT2D eigenvalue weighted by molar-refractivity contribution is -0.138. The second kappa shape index (κ2) is 12.1. The number of benzene rings is 3. The molecule has 1 aliphatic rings. The monoisotopic (exact) mass is 632 g/mol. The van der Waals surface area contributed by atoms with Crippen LogP contribution >= 0.6 is 38.9 Å². The first-order valence-corrected chi connectivity index (χ1v) is 14.3. The van der Waals surface area contributed by atoms with Crippen LogP contribution in [-0.2, 0) is 9.53 Å². The summed E-state index contributed by atoms with van der Waals surface area (Å²) in [5.74, 6) is 2.51. The third-order valence-electron chi connectivity index (χ3n) is 6.12. The Morgan fingerprint density at radius 3 is 2.60 bits per heavy atom. The van der Waals surface area contributed by atoms with Crippen molar-refractivity contribution in [2.24, 2.45) is 4.99 Å². The van der Waals surface area contributed by atoms with Crippen LogP contribution in [0.25, 0.3) is 11.8 Å². The van der Waals surface area contributed by atoms with E-state index in [1.165, 1.54) is 11.3 Å². The molecule has 0 unspecified atom stereocenters. The lowest BCUT2D eigenvalue weighted by Gasteiger charge is -2.25. The van der Waals surface area contributed by atoms with Crippen molar-refractivity contribution >= 4 is 56.6 Å². The molecule has 0 aliphatic carbocycles. The van der Waals surface area contributed by atoms with Crippen molar-refractivity contribution in [3.63, 3.8) is 0 Å². The predicted octanol–water partition coefficient (Wildman–Crippen LogP) is 5.36. The second-order valence-corrected chi connectivity index (χ2v) is 11.0. The topological polar surface area (TPSA) is 69.9 Å². The summed E-state index contributed by atoms with van der Waals surface area (Å²) in [6.45, 7) is 2.07. The first kappa shape index (κ1) is 27.7. The number of terminal acetylenes is 1. The van der Waals surface area contributed by atoms with Crippen LogP contribution in [-0.4, -0.2) is 23.8 Å². The third-order valence-corrected chi connectivity index (χ3v) is 7.98. The molecule has 0 radical (unpaired) electrons. The number of ether oxygens (including phenoxy) is 2. The van der Waals surface area contributed by atoms with Gasteiger partial charge in [0.25, 0.3) is 5.56 Å². The van der Waals surface area contributed by atoms with Crippen molar-refractivity contribution in [1.82, 2.24) is 4.57 Å². The summed E-state index contributed by atoms with van der Waals surface area (Å²) in [4.78, 5) is 32.8. The molecule has 9 heteroatoms. The molecule has 0 saturated carbocycles. The normalized spacial score (nSPS) is 14.8. The van der Waals surface area contributed by atoms with E-state index in [1.54, 1.807) is 35.8 Å². The first-order chi connectivity index (χ1) is 19.4. The number of hydrogen-bond donors (Lipinski definition) is 0. The van der Waals surface area contributed by atoms with Crippen LogP contribution in [0, 0.1) is 12.3 Å². The highest BCUT2D eigenvalue weighted by atomic mass is 79.9. The Bertz CT molecular complexity index is 1840. The summed E-state index contributed by atoms with van der Waals surface area (Å²) in [6.07, 6.45) is 7.08. The van der Waals surface area contributed by atoms with E-state index in [4.69, 9.17) is 32.5 Å². The number of thiazole rings is 1. The summed E-state index contributed by atoms with van der Waals surface area (Å²) in [6, 6.07) is 21.2. The molecule has 0 amide bonds. The standard InChI is InChI=1S/C31H22BrClN2O4S/c1-3-16-39-24-15-10-19(17-23(24)32)18-25-29(36)35-28(21-11-13-22(33)14-12-21)26(30(37)38-4-2)27(34-31(35)40-25)20-8-6-5-7-9-20/h1,5-15,17-18,28H,4,16H2,2H3/b25-18-/t28-/m0/s1. The molecule has 3 aromatic carbocycles. The maximum Gasteiger partial charge on any atom is 0.338 e. The van der Waals surface area contributed by atoms with E-state index in [0.29, 0.717) is 35.8 Å². The number of nitrogens with zero attached hydrogens (tertiary/aromatic N) is 2. The third kappa shape index (κ3) is 5.54. The van der Waals surface area contributed by atoms with E-state index in [9.17, 15) is 9.59 Å². The minimum absolute atomic E-state index is 0.147. The van der Waals surface area contributed by atoms with Crippen molar-refractivity contribution in [2.75, 3.05) is 13.2 Å². The van der Waals surface area contributed by atoms with Crippen LogP contribution in [0.5, 0.6) is 5.75 Å². The number of hydrogen-bond acceptors (Lipinski definition) is 6. The molecule has 40 heavy (non-hydrogen) atoms. The van der Waals surface area contributed by atoms with E-state index in [-0.39, 0.29) is 24.3 Å². The van der Waals surface area contributed by atoms with Gasteiger partial charge in [-0.3, -0.25) is 9.36 Å². The highest BCUT2D eigenvalue weighted by Gasteiger charge is 2.35. The molecule has 200 valence electrons. The summed E-state index contributed by atoms with van der Waals surface area (Å²) < 4.78 is 13.7. The smallest absolute Gasteiger partial charge is 0.338 e. The quantitative estimate of drug-likeness (QED) is 0.203. The molecule has 0 bridgehead atoms. The zero-order chi connectivity index (χ0) is 28.2. The van der Waals surface area contributed by atoms with E-state index in [1.807, 2.05) is 54.6 Å². The largest absolute Gasteiger partial charge is 0.480 e. The zero-order valence-electron chi connectivity index (χ0n) is 21.3. The molecule has 0 saturated heterocycles. The van der Waals surface area contributed by atoms with Gasteiger partial charge in [0, 0.05) is 10.6 Å².